The molecule has 1 N–H and O–H groups in total. The van der Waals surface area contributed by atoms with Gasteiger partial charge in [-0.05, 0) is 25.8 Å². The molecule has 2 heterocycles. The Morgan fingerprint density at radius 3 is 2.62 bits per heavy atom. The molecule has 2 aliphatic rings. The van der Waals surface area contributed by atoms with Crippen LogP contribution in [0.25, 0.3) is 0 Å². The van der Waals surface area contributed by atoms with Crippen LogP contribution in [0.5, 0.6) is 0 Å². The molecule has 120 valence electrons. The molecule has 2 fully saturated rings. The van der Waals surface area contributed by atoms with Crippen molar-refractivity contribution in [3.63, 3.8) is 0 Å². The number of ether oxygens (including phenoxy) is 1. The van der Waals surface area contributed by atoms with Crippen LogP contribution in [0, 0.1) is 11.3 Å². The minimum absolute atomic E-state index is 0.0681. The summed E-state index contributed by atoms with van der Waals surface area (Å²) in [6.07, 6.45) is 0.697. The molecule has 0 aromatic carbocycles. The summed E-state index contributed by atoms with van der Waals surface area (Å²) in [5.74, 6) is -0.596. The Labute approximate surface area is 126 Å². The first-order chi connectivity index (χ1) is 9.85. The Kier molecular flexibility index (Phi) is 4.88. The van der Waals surface area contributed by atoms with Gasteiger partial charge < -0.3 is 14.7 Å². The molecule has 0 bridgehead atoms. The van der Waals surface area contributed by atoms with E-state index in [0.29, 0.717) is 45.8 Å². The Hall–Kier alpha value is -1.14. The van der Waals surface area contributed by atoms with Crippen LogP contribution in [-0.2, 0) is 14.3 Å². The number of carbonyl (C=O) groups is 2. The molecule has 0 spiro atoms. The number of hydrogen-bond donors (Lipinski definition) is 1. The highest BCUT2D eigenvalue weighted by molar-refractivity contribution is 5.79. The lowest BCUT2D eigenvalue weighted by molar-refractivity contribution is -0.151. The Morgan fingerprint density at radius 2 is 2.10 bits per heavy atom. The second-order valence-electron chi connectivity index (χ2n) is 6.60. The Morgan fingerprint density at radius 1 is 1.38 bits per heavy atom. The molecule has 0 aliphatic carbocycles. The van der Waals surface area contributed by atoms with E-state index in [1.54, 1.807) is 0 Å². The van der Waals surface area contributed by atoms with Crippen LogP contribution in [0.4, 0.5) is 0 Å². The molecule has 2 unspecified atom stereocenters. The molecule has 0 aromatic rings. The second-order valence-corrected chi connectivity index (χ2v) is 6.60. The van der Waals surface area contributed by atoms with Gasteiger partial charge in [0.15, 0.2) is 0 Å². The van der Waals surface area contributed by atoms with E-state index in [1.165, 1.54) is 0 Å². The van der Waals surface area contributed by atoms with Crippen molar-refractivity contribution in [3.8, 4) is 0 Å². The Bertz CT molecular complexity index is 412. The summed E-state index contributed by atoms with van der Waals surface area (Å²) in [5.41, 5.74) is -0.710. The number of nitrogens with zero attached hydrogens (tertiary/aromatic N) is 2. The predicted octanol–water partition coefficient (Wildman–Crippen LogP) is 0.666. The summed E-state index contributed by atoms with van der Waals surface area (Å²) in [7, 11) is 0. The van der Waals surface area contributed by atoms with E-state index in [0.717, 1.165) is 0 Å². The number of hydrogen-bond acceptors (Lipinski definition) is 4. The molecular weight excluding hydrogens is 272 g/mol. The van der Waals surface area contributed by atoms with Crippen LogP contribution >= 0.6 is 0 Å². The van der Waals surface area contributed by atoms with E-state index in [1.807, 2.05) is 30.6 Å². The highest BCUT2D eigenvalue weighted by atomic mass is 16.5. The summed E-state index contributed by atoms with van der Waals surface area (Å²) >= 11 is 0. The SMILES string of the molecule is CC1CN(C(=O)CN2CCC(C(=O)O)(C(C)C)C2)CCO1. The topological polar surface area (TPSA) is 70.1 Å². The fraction of sp³-hybridized carbons (Fsp3) is 0.867. The third-order valence-electron chi connectivity index (χ3n) is 4.86. The molecule has 0 saturated carbocycles. The minimum atomic E-state index is -0.743. The largest absolute Gasteiger partial charge is 0.481 e. The number of carbonyl (C=O) groups excluding carboxylic acids is 1. The maximum Gasteiger partial charge on any atom is 0.311 e. The van der Waals surface area contributed by atoms with Gasteiger partial charge in [-0.25, -0.2) is 0 Å². The van der Waals surface area contributed by atoms with Crippen molar-refractivity contribution in [3.05, 3.63) is 0 Å². The number of amides is 1. The fourth-order valence-corrected chi connectivity index (χ4v) is 3.28. The van der Waals surface area contributed by atoms with Gasteiger partial charge in [0.2, 0.25) is 5.91 Å². The van der Waals surface area contributed by atoms with Crippen LogP contribution in [0.1, 0.15) is 27.2 Å². The minimum Gasteiger partial charge on any atom is -0.481 e. The number of carboxylic acids is 1. The number of carboxylic acid groups (broad SMARTS) is 1. The lowest BCUT2D eigenvalue weighted by atomic mass is 9.76. The van der Waals surface area contributed by atoms with E-state index >= 15 is 0 Å². The summed E-state index contributed by atoms with van der Waals surface area (Å²) in [6, 6.07) is 0. The molecule has 21 heavy (non-hydrogen) atoms. The molecule has 2 rings (SSSR count). The maximum absolute atomic E-state index is 12.3. The first-order valence-electron chi connectivity index (χ1n) is 7.70. The highest BCUT2D eigenvalue weighted by Gasteiger charge is 2.47. The normalized spacial score (nSPS) is 30.9. The van der Waals surface area contributed by atoms with E-state index < -0.39 is 11.4 Å². The number of aliphatic carboxylic acids is 1. The summed E-state index contributed by atoms with van der Waals surface area (Å²) in [5, 5.41) is 9.53. The molecule has 2 atom stereocenters. The van der Waals surface area contributed by atoms with Gasteiger partial charge in [0, 0.05) is 19.6 Å². The van der Waals surface area contributed by atoms with Crippen LogP contribution in [0.3, 0.4) is 0 Å². The standard InChI is InChI=1S/C15H26N2O4/c1-11(2)15(14(19)20)4-5-16(10-15)9-13(18)17-6-7-21-12(3)8-17/h11-12H,4-10H2,1-3H3,(H,19,20). The maximum atomic E-state index is 12.3. The average Bonchev–Trinajstić information content (AvgIpc) is 2.84. The molecular formula is C15H26N2O4. The van der Waals surface area contributed by atoms with E-state index in [-0.39, 0.29) is 17.9 Å². The molecule has 0 radical (unpaired) electrons. The molecule has 6 nitrogen and oxygen atoms in total. The zero-order valence-corrected chi connectivity index (χ0v) is 13.2. The van der Waals surface area contributed by atoms with Gasteiger partial charge in [-0.3, -0.25) is 14.5 Å². The summed E-state index contributed by atoms with van der Waals surface area (Å²) in [6.45, 7) is 9.15. The second kappa shape index (κ2) is 6.32. The van der Waals surface area contributed by atoms with Crippen LogP contribution in [0.15, 0.2) is 0 Å². The first kappa shape index (κ1) is 16.2. The van der Waals surface area contributed by atoms with Crippen molar-refractivity contribution >= 4 is 11.9 Å². The molecule has 2 aliphatic heterocycles. The van der Waals surface area contributed by atoms with Crippen molar-refractivity contribution in [1.82, 2.24) is 9.80 Å². The van der Waals surface area contributed by atoms with E-state index in [4.69, 9.17) is 4.74 Å². The number of rotatable bonds is 4. The first-order valence-corrected chi connectivity index (χ1v) is 7.70. The van der Waals surface area contributed by atoms with Crippen molar-refractivity contribution in [2.24, 2.45) is 11.3 Å². The number of likely N-dealkylation sites (tertiary alicyclic amines) is 1. The zero-order chi connectivity index (χ0) is 15.6. The van der Waals surface area contributed by atoms with Gasteiger partial charge in [0.25, 0.3) is 0 Å². The van der Waals surface area contributed by atoms with Gasteiger partial charge in [-0.1, -0.05) is 13.8 Å². The van der Waals surface area contributed by atoms with Crippen molar-refractivity contribution in [1.29, 1.82) is 0 Å². The zero-order valence-electron chi connectivity index (χ0n) is 13.2. The van der Waals surface area contributed by atoms with Crippen LogP contribution in [-0.4, -0.2) is 72.2 Å². The van der Waals surface area contributed by atoms with Crippen molar-refractivity contribution in [2.75, 3.05) is 39.3 Å². The van der Waals surface area contributed by atoms with E-state index in [9.17, 15) is 14.7 Å². The van der Waals surface area contributed by atoms with Crippen LogP contribution < -0.4 is 0 Å². The fourth-order valence-electron chi connectivity index (χ4n) is 3.28. The van der Waals surface area contributed by atoms with Gasteiger partial charge in [0.05, 0.1) is 24.7 Å². The quantitative estimate of drug-likeness (QED) is 0.826. The van der Waals surface area contributed by atoms with Crippen molar-refractivity contribution in [2.45, 2.75) is 33.3 Å². The molecule has 0 aromatic heterocycles. The van der Waals surface area contributed by atoms with Crippen LogP contribution in [0.2, 0.25) is 0 Å². The lowest BCUT2D eigenvalue weighted by Crippen LogP contribution is -2.48. The summed E-state index contributed by atoms with van der Waals surface area (Å²) in [4.78, 5) is 27.7. The van der Waals surface area contributed by atoms with Gasteiger partial charge in [-0.2, -0.15) is 0 Å². The predicted molar refractivity (Wildman–Crippen MR) is 78.0 cm³/mol. The Balaban J connectivity index is 1.93. The molecule has 2 saturated heterocycles. The molecule has 1 amide bonds. The van der Waals surface area contributed by atoms with Gasteiger partial charge >= 0.3 is 5.97 Å². The van der Waals surface area contributed by atoms with Crippen molar-refractivity contribution < 1.29 is 19.4 Å². The monoisotopic (exact) mass is 298 g/mol. The number of morpholine rings is 1. The third kappa shape index (κ3) is 3.37. The molecule has 6 heteroatoms. The van der Waals surface area contributed by atoms with Gasteiger partial charge in [0.1, 0.15) is 0 Å². The third-order valence-corrected chi connectivity index (χ3v) is 4.86. The lowest BCUT2D eigenvalue weighted by Gasteiger charge is -2.33. The smallest absolute Gasteiger partial charge is 0.311 e. The average molecular weight is 298 g/mol. The van der Waals surface area contributed by atoms with Gasteiger partial charge in [-0.15, -0.1) is 0 Å². The van der Waals surface area contributed by atoms with E-state index in [2.05, 4.69) is 0 Å². The summed E-state index contributed by atoms with van der Waals surface area (Å²) < 4.78 is 5.44. The highest BCUT2D eigenvalue weighted by Crippen LogP contribution is 2.38.